The van der Waals surface area contributed by atoms with Gasteiger partial charge in [0, 0.05) is 5.33 Å². The molecule has 0 aromatic carbocycles. The molecule has 0 spiro atoms. The van der Waals surface area contributed by atoms with Crippen LogP contribution in [0.3, 0.4) is 0 Å². The van der Waals surface area contributed by atoms with Crippen molar-refractivity contribution >= 4 is 15.9 Å². The highest BCUT2D eigenvalue weighted by Crippen LogP contribution is 2.11. The molecule has 0 fully saturated rings. The number of rotatable bonds is 13. The molecule has 0 aromatic heterocycles. The molecule has 0 aliphatic carbocycles. The van der Waals surface area contributed by atoms with Crippen LogP contribution in [0.5, 0.6) is 0 Å². The lowest BCUT2D eigenvalue weighted by atomic mass is 10.1. The van der Waals surface area contributed by atoms with Gasteiger partial charge in [-0.15, -0.1) is 0 Å². The topological polar surface area (TPSA) is 0 Å². The molecule has 19 heavy (non-hydrogen) atoms. The minimum absolute atomic E-state index is 0. The number of nitrogens with zero attached hydrogens (tertiary/aromatic N) is 1. The monoisotopic (exact) mass is 447 g/mol. The Morgan fingerprint density at radius 2 is 1.11 bits per heavy atom. The van der Waals surface area contributed by atoms with Crippen molar-refractivity contribution in [3.8, 4) is 0 Å². The summed E-state index contributed by atoms with van der Waals surface area (Å²) in [5, 5.41) is 1.16. The predicted molar refractivity (Wildman–Crippen MR) is 87.5 cm³/mol. The average Bonchev–Trinajstić information content (AvgIpc) is 2.33. The second-order valence-electron chi connectivity index (χ2n) is 6.25. The lowest BCUT2D eigenvalue weighted by Crippen LogP contribution is -3.00. The lowest BCUT2D eigenvalue weighted by molar-refractivity contribution is -0.890. The first-order valence-corrected chi connectivity index (χ1v) is 9.12. The molecule has 0 aromatic rings. The summed E-state index contributed by atoms with van der Waals surface area (Å²) in [6.07, 6.45) is 14.1. The highest BCUT2D eigenvalue weighted by Gasteiger charge is 2.13. The van der Waals surface area contributed by atoms with Gasteiger partial charge in [0.2, 0.25) is 0 Å². The number of unbranched alkanes of at least 4 members (excludes halogenated alkanes) is 8. The van der Waals surface area contributed by atoms with Gasteiger partial charge in [-0.3, -0.25) is 0 Å². The first-order valence-electron chi connectivity index (χ1n) is 8.00. The van der Waals surface area contributed by atoms with Gasteiger partial charge in [-0.1, -0.05) is 61.4 Å². The van der Waals surface area contributed by atoms with Crippen molar-refractivity contribution in [2.45, 2.75) is 71.1 Å². The van der Waals surface area contributed by atoms with Crippen molar-refractivity contribution < 1.29 is 28.5 Å². The summed E-state index contributed by atoms with van der Waals surface area (Å²) in [7, 11) is 4.77. The van der Waals surface area contributed by atoms with E-state index in [4.69, 9.17) is 0 Å². The number of quaternary nitrogens is 1. The molecular weight excluding hydrogens is 413 g/mol. The Labute approximate surface area is 147 Å². The number of alkyl halides is 1. The molecule has 0 bridgehead atoms. The molecule has 1 nitrogen and oxygen atoms in total. The van der Waals surface area contributed by atoms with Crippen LogP contribution in [0.4, 0.5) is 0 Å². The SMILES string of the molecule is CCCCCCCCCC[N+](C)(C)CCCCBr.[I-]. The van der Waals surface area contributed by atoms with Gasteiger partial charge in [0.25, 0.3) is 0 Å². The normalized spacial score (nSPS) is 11.4. The Morgan fingerprint density at radius 3 is 1.58 bits per heavy atom. The predicted octanol–water partition coefficient (Wildman–Crippen LogP) is 2.38. The Morgan fingerprint density at radius 1 is 0.684 bits per heavy atom. The molecule has 0 unspecified atom stereocenters. The smallest absolute Gasteiger partial charge is 0.0782 e. The van der Waals surface area contributed by atoms with E-state index in [-0.39, 0.29) is 24.0 Å². The van der Waals surface area contributed by atoms with E-state index in [0.29, 0.717) is 0 Å². The highest BCUT2D eigenvalue weighted by molar-refractivity contribution is 9.09. The van der Waals surface area contributed by atoms with Gasteiger partial charge in [0.1, 0.15) is 0 Å². The third-order valence-electron chi connectivity index (χ3n) is 3.76. The van der Waals surface area contributed by atoms with Crippen molar-refractivity contribution in [2.24, 2.45) is 0 Å². The zero-order chi connectivity index (χ0) is 13.7. The quantitative estimate of drug-likeness (QED) is 0.176. The Kier molecular flexibility index (Phi) is 18.4. The summed E-state index contributed by atoms with van der Waals surface area (Å²) in [4.78, 5) is 0. The van der Waals surface area contributed by atoms with Crippen molar-refractivity contribution in [3.05, 3.63) is 0 Å². The first kappa shape index (κ1) is 22.5. The van der Waals surface area contributed by atoms with Crippen LogP contribution in [-0.2, 0) is 0 Å². The molecule has 0 N–H and O–H groups in total. The van der Waals surface area contributed by atoms with Gasteiger partial charge in [-0.2, -0.15) is 0 Å². The van der Waals surface area contributed by atoms with Crippen LogP contribution in [0.15, 0.2) is 0 Å². The molecule has 0 saturated heterocycles. The van der Waals surface area contributed by atoms with E-state index in [9.17, 15) is 0 Å². The largest absolute Gasteiger partial charge is 1.00 e. The molecule has 0 saturated carbocycles. The average molecular weight is 448 g/mol. The van der Waals surface area contributed by atoms with E-state index in [1.807, 2.05) is 0 Å². The van der Waals surface area contributed by atoms with Gasteiger partial charge in [0.15, 0.2) is 0 Å². The molecule has 0 amide bonds. The third-order valence-corrected chi connectivity index (χ3v) is 4.32. The van der Waals surface area contributed by atoms with Gasteiger partial charge in [0.05, 0.1) is 27.2 Å². The maximum atomic E-state index is 3.51. The molecule has 0 aliphatic rings. The maximum absolute atomic E-state index is 3.51. The second-order valence-corrected chi connectivity index (χ2v) is 7.05. The molecule has 0 heterocycles. The van der Waals surface area contributed by atoms with E-state index in [1.165, 1.54) is 81.8 Å². The molecule has 0 atom stereocenters. The lowest BCUT2D eigenvalue weighted by Gasteiger charge is -2.29. The number of hydrogen-bond donors (Lipinski definition) is 0. The first-order chi connectivity index (χ1) is 8.62. The van der Waals surface area contributed by atoms with Crippen LogP contribution in [0.25, 0.3) is 0 Å². The molecule has 0 rings (SSSR count). The van der Waals surface area contributed by atoms with Gasteiger partial charge in [-0.05, 0) is 25.7 Å². The molecule has 0 radical (unpaired) electrons. The molecular formula is C16H35BrIN. The zero-order valence-electron chi connectivity index (χ0n) is 13.4. The minimum Gasteiger partial charge on any atom is -1.00 e. The van der Waals surface area contributed by atoms with Crippen molar-refractivity contribution in [1.29, 1.82) is 0 Å². The van der Waals surface area contributed by atoms with Crippen LogP contribution in [0.1, 0.15) is 71.1 Å². The highest BCUT2D eigenvalue weighted by atomic mass is 127. The fourth-order valence-electron chi connectivity index (χ4n) is 2.42. The van der Waals surface area contributed by atoms with E-state index >= 15 is 0 Å². The summed E-state index contributed by atoms with van der Waals surface area (Å²) in [5.74, 6) is 0. The van der Waals surface area contributed by atoms with Crippen molar-refractivity contribution in [3.63, 3.8) is 0 Å². The van der Waals surface area contributed by atoms with E-state index < -0.39 is 0 Å². The van der Waals surface area contributed by atoms with Gasteiger partial charge < -0.3 is 28.5 Å². The fourth-order valence-corrected chi connectivity index (χ4v) is 2.82. The third kappa shape index (κ3) is 17.1. The second kappa shape index (κ2) is 15.6. The fraction of sp³-hybridized carbons (Fsp3) is 1.00. The Bertz CT molecular complexity index is 174. The van der Waals surface area contributed by atoms with Crippen LogP contribution in [0.2, 0.25) is 0 Å². The van der Waals surface area contributed by atoms with Crippen LogP contribution in [0, 0.1) is 0 Å². The van der Waals surface area contributed by atoms with Crippen LogP contribution < -0.4 is 24.0 Å². The Balaban J connectivity index is 0. The molecule has 118 valence electrons. The van der Waals surface area contributed by atoms with E-state index in [0.717, 1.165) is 5.33 Å². The zero-order valence-corrected chi connectivity index (χ0v) is 17.1. The minimum atomic E-state index is 0. The van der Waals surface area contributed by atoms with Gasteiger partial charge >= 0.3 is 0 Å². The molecule has 0 aliphatic heterocycles. The van der Waals surface area contributed by atoms with E-state index in [1.54, 1.807) is 0 Å². The summed E-state index contributed by atoms with van der Waals surface area (Å²) in [6, 6.07) is 0. The standard InChI is InChI=1S/C16H35BrN.HI/c1-4-5-6-7-8-9-10-12-15-18(2,3)16-13-11-14-17;/h4-16H2,1-3H3;1H/q+1;/p-1. The van der Waals surface area contributed by atoms with Crippen molar-refractivity contribution in [1.82, 2.24) is 0 Å². The Hall–Kier alpha value is 1.17. The summed E-state index contributed by atoms with van der Waals surface area (Å²) >= 11 is 3.51. The maximum Gasteiger partial charge on any atom is 0.0782 e. The van der Waals surface area contributed by atoms with Crippen molar-refractivity contribution in [2.75, 3.05) is 32.5 Å². The number of halogens is 2. The summed E-state index contributed by atoms with van der Waals surface area (Å²) in [5.41, 5.74) is 0. The molecule has 3 heteroatoms. The van der Waals surface area contributed by atoms with Gasteiger partial charge in [-0.25, -0.2) is 0 Å². The van der Waals surface area contributed by atoms with Crippen LogP contribution >= 0.6 is 15.9 Å². The van der Waals surface area contributed by atoms with Crippen LogP contribution in [-0.4, -0.2) is 37.0 Å². The van der Waals surface area contributed by atoms with E-state index in [2.05, 4.69) is 36.9 Å². The summed E-state index contributed by atoms with van der Waals surface area (Å²) in [6.45, 7) is 4.98. The number of hydrogen-bond acceptors (Lipinski definition) is 0. The summed E-state index contributed by atoms with van der Waals surface area (Å²) < 4.78 is 1.21.